The summed E-state index contributed by atoms with van der Waals surface area (Å²) < 4.78 is 13.4. The molecule has 4 heterocycles. The maximum Gasteiger partial charge on any atom is 0.247 e. The first-order valence-corrected chi connectivity index (χ1v) is 14.3. The smallest absolute Gasteiger partial charge is 0.247 e. The van der Waals surface area contributed by atoms with Gasteiger partial charge in [-0.25, -0.2) is 14.6 Å². The van der Waals surface area contributed by atoms with E-state index in [2.05, 4.69) is 51.2 Å². The number of aromatic nitrogens is 4. The normalized spacial score (nSPS) is 17.9. The quantitative estimate of drug-likeness (QED) is 0.334. The summed E-state index contributed by atoms with van der Waals surface area (Å²) in [5.41, 5.74) is 3.43. The number of carbonyl (C=O) groups is 1. The first kappa shape index (κ1) is 28.8. The van der Waals surface area contributed by atoms with Gasteiger partial charge in [0.05, 0.1) is 47.3 Å². The molecular weight excluding hydrogens is 544 g/mol. The van der Waals surface area contributed by atoms with Crippen molar-refractivity contribution in [3.05, 3.63) is 48.4 Å². The number of nitrogens with zero attached hydrogens (tertiary/aromatic N) is 6. The highest BCUT2D eigenvalue weighted by atomic mass is 35.5. The zero-order valence-corrected chi connectivity index (χ0v) is 24.5. The van der Waals surface area contributed by atoms with Gasteiger partial charge in [-0.15, -0.1) is 0 Å². The highest BCUT2D eigenvalue weighted by molar-refractivity contribution is 6.32. The predicted octanol–water partition coefficient (Wildman–Crippen LogP) is 5.10. The van der Waals surface area contributed by atoms with Crippen LogP contribution in [0.2, 0.25) is 5.02 Å². The van der Waals surface area contributed by atoms with Crippen LogP contribution in [0, 0.1) is 0 Å². The van der Waals surface area contributed by atoms with Crippen LogP contribution in [0.4, 0.5) is 23.0 Å². The summed E-state index contributed by atoms with van der Waals surface area (Å²) in [6.45, 7) is 6.06. The molecule has 1 unspecified atom stereocenters. The first-order valence-electron chi connectivity index (χ1n) is 13.9. The standard InChI is InChI=1S/C29H37ClN8O3/c1-5-26(39)33-22-14-23(25(40-4)15-24(22)37-11-9-20(10-12-37)36(2)3)34-29-31-17-21(30)28(35-29)19-16-32-38(18-19)27-8-6-7-13-41-27/h5,14-18,20,27H,1,6-13H2,2-4H3,(H,33,39)(H,31,34,35). The molecule has 2 N–H and O–H groups in total. The van der Waals surface area contributed by atoms with E-state index >= 15 is 0 Å². The largest absolute Gasteiger partial charge is 0.494 e. The Morgan fingerprint density at radius 1 is 1.20 bits per heavy atom. The molecule has 2 aromatic heterocycles. The maximum absolute atomic E-state index is 12.4. The van der Waals surface area contributed by atoms with E-state index < -0.39 is 0 Å². The number of halogens is 1. The van der Waals surface area contributed by atoms with Crippen LogP contribution < -0.4 is 20.3 Å². The summed E-state index contributed by atoms with van der Waals surface area (Å²) >= 11 is 6.51. The number of rotatable bonds is 9. The summed E-state index contributed by atoms with van der Waals surface area (Å²) in [6, 6.07) is 4.30. The summed E-state index contributed by atoms with van der Waals surface area (Å²) in [7, 11) is 5.84. The number of methoxy groups -OCH3 is 1. The summed E-state index contributed by atoms with van der Waals surface area (Å²) in [4.78, 5) is 26.0. The second-order valence-corrected chi connectivity index (χ2v) is 10.9. The molecule has 3 aromatic rings. The van der Waals surface area contributed by atoms with Crippen molar-refractivity contribution in [2.24, 2.45) is 0 Å². The molecule has 2 saturated heterocycles. The fourth-order valence-corrected chi connectivity index (χ4v) is 5.50. The van der Waals surface area contributed by atoms with E-state index in [-0.39, 0.29) is 12.1 Å². The zero-order chi connectivity index (χ0) is 28.9. The van der Waals surface area contributed by atoms with Crippen molar-refractivity contribution in [1.29, 1.82) is 0 Å². The molecule has 0 bridgehead atoms. The molecule has 11 nitrogen and oxygen atoms in total. The third kappa shape index (κ3) is 6.64. The first-order chi connectivity index (χ1) is 19.9. The molecule has 218 valence electrons. The van der Waals surface area contributed by atoms with Gasteiger partial charge in [0.1, 0.15) is 12.0 Å². The Balaban J connectivity index is 1.43. The van der Waals surface area contributed by atoms with Crippen LogP contribution in [0.25, 0.3) is 11.3 Å². The van der Waals surface area contributed by atoms with Crippen LogP contribution >= 0.6 is 11.6 Å². The molecule has 1 atom stereocenters. The van der Waals surface area contributed by atoms with Crippen LogP contribution in [0.3, 0.4) is 0 Å². The van der Waals surface area contributed by atoms with Crippen LogP contribution in [-0.2, 0) is 9.53 Å². The summed E-state index contributed by atoms with van der Waals surface area (Å²) in [5, 5.41) is 11.1. The number of nitrogens with one attached hydrogen (secondary N) is 2. The molecule has 2 fully saturated rings. The number of hydrogen-bond donors (Lipinski definition) is 2. The molecule has 2 aliphatic rings. The molecule has 12 heteroatoms. The number of benzene rings is 1. The van der Waals surface area contributed by atoms with Gasteiger partial charge < -0.3 is 29.9 Å². The molecule has 0 saturated carbocycles. The van der Waals surface area contributed by atoms with E-state index in [1.165, 1.54) is 6.08 Å². The Morgan fingerprint density at radius 3 is 2.68 bits per heavy atom. The molecule has 0 radical (unpaired) electrons. The number of piperidine rings is 1. The number of carbonyl (C=O) groups excluding carboxylic acids is 1. The Bertz CT molecular complexity index is 1380. The highest BCUT2D eigenvalue weighted by Crippen LogP contribution is 2.40. The molecule has 0 aliphatic carbocycles. The van der Waals surface area contributed by atoms with Crippen LogP contribution in [0.5, 0.6) is 5.75 Å². The topological polar surface area (TPSA) is 110 Å². The number of hydrogen-bond acceptors (Lipinski definition) is 9. The van der Waals surface area contributed by atoms with Crippen molar-refractivity contribution in [2.45, 2.75) is 44.4 Å². The minimum Gasteiger partial charge on any atom is -0.494 e. The lowest BCUT2D eigenvalue weighted by Crippen LogP contribution is -2.42. The van der Waals surface area contributed by atoms with E-state index in [1.54, 1.807) is 19.5 Å². The maximum atomic E-state index is 12.4. The van der Waals surface area contributed by atoms with Gasteiger partial charge in [0.2, 0.25) is 11.9 Å². The second kappa shape index (κ2) is 12.9. The Hall–Kier alpha value is -3.67. The SMILES string of the molecule is C=CC(=O)Nc1cc(Nc2ncc(Cl)c(-c3cnn(C4CCCCO4)c3)n2)c(OC)cc1N1CCC(N(C)C)CC1. The second-order valence-electron chi connectivity index (χ2n) is 10.5. The average molecular weight is 581 g/mol. The van der Waals surface area contributed by atoms with E-state index in [9.17, 15) is 4.79 Å². The lowest BCUT2D eigenvalue weighted by molar-refractivity contribution is -0.111. The fourth-order valence-electron chi connectivity index (χ4n) is 5.30. The molecule has 1 amide bonds. The van der Waals surface area contributed by atoms with Crippen molar-refractivity contribution in [3.8, 4) is 17.0 Å². The number of amides is 1. The van der Waals surface area contributed by atoms with E-state index in [1.807, 2.05) is 23.0 Å². The van der Waals surface area contributed by atoms with Gasteiger partial charge in [-0.2, -0.15) is 5.10 Å². The predicted molar refractivity (Wildman–Crippen MR) is 161 cm³/mol. The van der Waals surface area contributed by atoms with Gasteiger partial charge in [-0.3, -0.25) is 4.79 Å². The Labute approximate surface area is 245 Å². The monoisotopic (exact) mass is 580 g/mol. The van der Waals surface area contributed by atoms with Gasteiger partial charge in [0.25, 0.3) is 0 Å². The average Bonchev–Trinajstić information content (AvgIpc) is 3.49. The molecular formula is C29H37ClN8O3. The summed E-state index contributed by atoms with van der Waals surface area (Å²) in [6.07, 6.45) is 11.5. The zero-order valence-electron chi connectivity index (χ0n) is 23.8. The molecule has 1 aromatic carbocycles. The van der Waals surface area contributed by atoms with E-state index in [0.717, 1.165) is 63.1 Å². The van der Waals surface area contributed by atoms with Crippen molar-refractivity contribution < 1.29 is 14.3 Å². The highest BCUT2D eigenvalue weighted by Gasteiger charge is 2.25. The molecule has 0 spiro atoms. The number of ether oxygens (including phenoxy) is 2. The van der Waals surface area contributed by atoms with E-state index in [0.29, 0.717) is 39.8 Å². The lowest BCUT2D eigenvalue weighted by atomic mass is 10.0. The minimum absolute atomic E-state index is 0.0867. The summed E-state index contributed by atoms with van der Waals surface area (Å²) in [5.74, 6) is 0.619. The van der Waals surface area contributed by atoms with E-state index in [4.69, 9.17) is 26.1 Å². The number of anilines is 4. The third-order valence-corrected chi connectivity index (χ3v) is 7.89. The third-order valence-electron chi connectivity index (χ3n) is 7.61. The van der Waals surface area contributed by atoms with Crippen molar-refractivity contribution >= 4 is 40.5 Å². The van der Waals surface area contributed by atoms with Gasteiger partial charge in [-0.05, 0) is 58.3 Å². The van der Waals surface area contributed by atoms with Gasteiger partial charge >= 0.3 is 0 Å². The van der Waals surface area contributed by atoms with Crippen molar-refractivity contribution in [3.63, 3.8) is 0 Å². The van der Waals surface area contributed by atoms with Gasteiger partial charge in [0.15, 0.2) is 0 Å². The minimum atomic E-state index is -0.297. The molecule has 2 aliphatic heterocycles. The van der Waals surface area contributed by atoms with Crippen LogP contribution in [0.1, 0.15) is 38.3 Å². The molecule has 5 rings (SSSR count). The van der Waals surface area contributed by atoms with Crippen LogP contribution in [-0.4, -0.2) is 77.5 Å². The van der Waals surface area contributed by atoms with Gasteiger partial charge in [-0.1, -0.05) is 18.2 Å². The van der Waals surface area contributed by atoms with Gasteiger partial charge in [0, 0.05) is 43.6 Å². The molecule has 41 heavy (non-hydrogen) atoms. The van der Waals surface area contributed by atoms with Crippen molar-refractivity contribution in [1.82, 2.24) is 24.6 Å². The fraction of sp³-hybridized carbons (Fsp3) is 0.448. The Kier molecular flexibility index (Phi) is 9.06. The lowest BCUT2D eigenvalue weighted by Gasteiger charge is -2.37. The van der Waals surface area contributed by atoms with Crippen molar-refractivity contribution in [2.75, 3.05) is 56.4 Å². The Morgan fingerprint density at radius 2 is 2.00 bits per heavy atom. The van der Waals surface area contributed by atoms with Crippen LogP contribution in [0.15, 0.2) is 43.4 Å².